The third kappa shape index (κ3) is 3.14. The maximum Gasteiger partial charge on any atom is 0.231 e. The molecule has 1 heterocycles. The predicted molar refractivity (Wildman–Crippen MR) is 68.2 cm³/mol. The number of fused-ring (bicyclic) bond motifs is 1. The third-order valence-electron chi connectivity index (χ3n) is 2.71. The van der Waals surface area contributed by atoms with Crippen LogP contribution in [0, 0.1) is 0 Å². The molecule has 1 aromatic carbocycles. The number of amides is 1. The van der Waals surface area contributed by atoms with Crippen molar-refractivity contribution in [3.63, 3.8) is 0 Å². The van der Waals surface area contributed by atoms with E-state index in [-0.39, 0.29) is 5.91 Å². The molecule has 1 aliphatic heterocycles. The summed E-state index contributed by atoms with van der Waals surface area (Å²) in [5.74, 6) is 1.55. The Kier molecular flexibility index (Phi) is 3.91. The van der Waals surface area contributed by atoms with E-state index in [9.17, 15) is 4.79 Å². The first-order valence-electron chi connectivity index (χ1n) is 5.49. The normalized spacial score (nSPS) is 16.1. The molecule has 0 unspecified atom stereocenters. The summed E-state index contributed by atoms with van der Waals surface area (Å²) in [5.41, 5.74) is 6.44. The second kappa shape index (κ2) is 5.42. The molecule has 4 nitrogen and oxygen atoms in total. The van der Waals surface area contributed by atoms with E-state index in [0.717, 1.165) is 24.6 Å². The Morgan fingerprint density at radius 1 is 1.59 bits per heavy atom. The number of hydrogen-bond donors (Lipinski definition) is 1. The van der Waals surface area contributed by atoms with Crippen molar-refractivity contribution >= 4 is 17.7 Å². The van der Waals surface area contributed by atoms with Gasteiger partial charge >= 0.3 is 0 Å². The Bertz CT molecular complexity index is 423. The highest BCUT2D eigenvalue weighted by atomic mass is 32.2. The van der Waals surface area contributed by atoms with Gasteiger partial charge < -0.3 is 10.5 Å². The summed E-state index contributed by atoms with van der Waals surface area (Å²) in [7, 11) is 1.66. The highest BCUT2D eigenvalue weighted by Crippen LogP contribution is 2.30. The Morgan fingerprint density at radius 2 is 2.41 bits per heavy atom. The van der Waals surface area contributed by atoms with Gasteiger partial charge in [-0.3, -0.25) is 9.69 Å². The highest BCUT2D eigenvalue weighted by Gasteiger charge is 2.16. The standard InChI is InChI=1S/C12H16N2O2S/c1-16-10-2-3-11-9(6-10)7-14(4-5-17-11)8-12(13)15/h2-3,6H,4-5,7-8H2,1H3,(H2,13,15). The van der Waals surface area contributed by atoms with Crippen molar-refractivity contribution in [3.8, 4) is 5.75 Å². The number of ether oxygens (including phenoxy) is 1. The van der Waals surface area contributed by atoms with Gasteiger partial charge in [-0.15, -0.1) is 11.8 Å². The molecule has 0 saturated carbocycles. The minimum Gasteiger partial charge on any atom is -0.497 e. The maximum absolute atomic E-state index is 11.0. The maximum atomic E-state index is 11.0. The zero-order valence-corrected chi connectivity index (χ0v) is 10.6. The lowest BCUT2D eigenvalue weighted by Gasteiger charge is -2.18. The van der Waals surface area contributed by atoms with Gasteiger partial charge in [-0.05, 0) is 23.8 Å². The summed E-state index contributed by atoms with van der Waals surface area (Å²) in [6.07, 6.45) is 0. The molecule has 2 N–H and O–H groups in total. The van der Waals surface area contributed by atoms with Crippen LogP contribution in [-0.2, 0) is 11.3 Å². The van der Waals surface area contributed by atoms with Crippen LogP contribution in [0.4, 0.5) is 0 Å². The molecule has 0 fully saturated rings. The Morgan fingerprint density at radius 3 is 3.12 bits per heavy atom. The fraction of sp³-hybridized carbons (Fsp3) is 0.417. The first-order valence-corrected chi connectivity index (χ1v) is 6.48. The van der Waals surface area contributed by atoms with Gasteiger partial charge in [0.05, 0.1) is 13.7 Å². The molecule has 17 heavy (non-hydrogen) atoms. The molecule has 1 aromatic rings. The molecule has 0 saturated heterocycles. The van der Waals surface area contributed by atoms with Crippen molar-refractivity contribution in [2.24, 2.45) is 5.73 Å². The lowest BCUT2D eigenvalue weighted by molar-refractivity contribution is -0.119. The second-order valence-electron chi connectivity index (χ2n) is 4.00. The van der Waals surface area contributed by atoms with Crippen molar-refractivity contribution in [1.82, 2.24) is 4.90 Å². The van der Waals surface area contributed by atoms with E-state index in [1.807, 2.05) is 23.9 Å². The summed E-state index contributed by atoms with van der Waals surface area (Å²) in [5, 5.41) is 0. The minimum atomic E-state index is -0.277. The molecule has 5 heteroatoms. The van der Waals surface area contributed by atoms with E-state index in [1.165, 1.54) is 10.5 Å². The van der Waals surface area contributed by atoms with Crippen molar-refractivity contribution in [2.75, 3.05) is 26.0 Å². The average molecular weight is 252 g/mol. The Hall–Kier alpha value is -1.20. The zero-order valence-electron chi connectivity index (χ0n) is 9.81. The topological polar surface area (TPSA) is 55.6 Å². The van der Waals surface area contributed by atoms with Crippen LogP contribution >= 0.6 is 11.8 Å². The van der Waals surface area contributed by atoms with Crippen LogP contribution in [-0.4, -0.2) is 36.8 Å². The van der Waals surface area contributed by atoms with E-state index in [1.54, 1.807) is 7.11 Å². The van der Waals surface area contributed by atoms with Crippen LogP contribution in [0.2, 0.25) is 0 Å². The number of carbonyl (C=O) groups is 1. The monoisotopic (exact) mass is 252 g/mol. The molecule has 92 valence electrons. The molecule has 0 aliphatic carbocycles. The molecule has 2 rings (SSSR count). The Labute approximate surface area is 105 Å². The molecule has 1 aliphatic rings. The number of nitrogens with two attached hydrogens (primary N) is 1. The number of benzene rings is 1. The van der Waals surface area contributed by atoms with Gasteiger partial charge in [0.15, 0.2) is 0 Å². The lowest BCUT2D eigenvalue weighted by Crippen LogP contribution is -2.34. The van der Waals surface area contributed by atoms with Crippen LogP contribution in [0.25, 0.3) is 0 Å². The fourth-order valence-corrected chi connectivity index (χ4v) is 2.95. The number of nitrogens with zero attached hydrogens (tertiary/aromatic N) is 1. The van der Waals surface area contributed by atoms with Crippen molar-refractivity contribution in [2.45, 2.75) is 11.4 Å². The summed E-state index contributed by atoms with van der Waals surface area (Å²) >= 11 is 1.81. The van der Waals surface area contributed by atoms with E-state index in [2.05, 4.69) is 11.0 Å². The van der Waals surface area contributed by atoms with Gasteiger partial charge in [-0.2, -0.15) is 0 Å². The first kappa shape index (κ1) is 12.3. The molecule has 0 aromatic heterocycles. The quantitative estimate of drug-likeness (QED) is 0.875. The molecule has 1 amide bonds. The molecule has 0 radical (unpaired) electrons. The number of carbonyl (C=O) groups excluding carboxylic acids is 1. The van der Waals surface area contributed by atoms with Crippen molar-refractivity contribution in [3.05, 3.63) is 23.8 Å². The van der Waals surface area contributed by atoms with Crippen molar-refractivity contribution in [1.29, 1.82) is 0 Å². The van der Waals surface area contributed by atoms with Crippen LogP contribution in [0.15, 0.2) is 23.1 Å². The van der Waals surface area contributed by atoms with Gasteiger partial charge in [0.2, 0.25) is 5.91 Å². The second-order valence-corrected chi connectivity index (χ2v) is 5.14. The Balaban J connectivity index is 2.19. The van der Waals surface area contributed by atoms with Gasteiger partial charge in [-0.25, -0.2) is 0 Å². The van der Waals surface area contributed by atoms with E-state index < -0.39 is 0 Å². The van der Waals surface area contributed by atoms with Crippen LogP contribution in [0.3, 0.4) is 0 Å². The molecule has 0 bridgehead atoms. The number of rotatable bonds is 3. The number of methoxy groups -OCH3 is 1. The summed E-state index contributed by atoms with van der Waals surface area (Å²) < 4.78 is 5.22. The van der Waals surface area contributed by atoms with Crippen LogP contribution < -0.4 is 10.5 Å². The molecular weight excluding hydrogens is 236 g/mol. The molecule has 0 spiro atoms. The highest BCUT2D eigenvalue weighted by molar-refractivity contribution is 7.99. The molecular formula is C12H16N2O2S. The zero-order chi connectivity index (χ0) is 12.3. The smallest absolute Gasteiger partial charge is 0.231 e. The largest absolute Gasteiger partial charge is 0.497 e. The SMILES string of the molecule is COc1ccc2c(c1)CN(CC(N)=O)CCS2. The van der Waals surface area contributed by atoms with Crippen LogP contribution in [0.5, 0.6) is 5.75 Å². The minimum absolute atomic E-state index is 0.277. The average Bonchev–Trinajstić information content (AvgIpc) is 2.48. The summed E-state index contributed by atoms with van der Waals surface area (Å²) in [4.78, 5) is 14.3. The number of hydrogen-bond acceptors (Lipinski definition) is 4. The number of thioether (sulfide) groups is 1. The third-order valence-corrected chi connectivity index (χ3v) is 3.80. The van der Waals surface area contributed by atoms with Gasteiger partial charge in [0, 0.05) is 23.7 Å². The van der Waals surface area contributed by atoms with Crippen molar-refractivity contribution < 1.29 is 9.53 Å². The summed E-state index contributed by atoms with van der Waals surface area (Å²) in [6.45, 7) is 1.95. The summed E-state index contributed by atoms with van der Waals surface area (Å²) in [6, 6.07) is 6.07. The fourth-order valence-electron chi connectivity index (χ4n) is 1.91. The number of primary amides is 1. The van der Waals surface area contributed by atoms with Gasteiger partial charge in [0.25, 0.3) is 0 Å². The van der Waals surface area contributed by atoms with Gasteiger partial charge in [-0.1, -0.05) is 0 Å². The van der Waals surface area contributed by atoms with E-state index >= 15 is 0 Å². The lowest BCUT2D eigenvalue weighted by atomic mass is 10.2. The first-order chi connectivity index (χ1) is 8.19. The van der Waals surface area contributed by atoms with E-state index in [4.69, 9.17) is 10.5 Å². The van der Waals surface area contributed by atoms with E-state index in [0.29, 0.717) is 6.54 Å². The van der Waals surface area contributed by atoms with Crippen LogP contribution in [0.1, 0.15) is 5.56 Å². The van der Waals surface area contributed by atoms with Gasteiger partial charge in [0.1, 0.15) is 5.75 Å². The molecule has 0 atom stereocenters. The predicted octanol–water partition coefficient (Wildman–Crippen LogP) is 1.09.